The molecular formula is C27H26N6O2S. The molecule has 182 valence electrons. The van der Waals surface area contributed by atoms with Gasteiger partial charge in [0.25, 0.3) is 0 Å². The number of aromatic nitrogens is 5. The van der Waals surface area contributed by atoms with E-state index in [0.717, 1.165) is 33.7 Å². The van der Waals surface area contributed by atoms with Gasteiger partial charge >= 0.3 is 0 Å². The van der Waals surface area contributed by atoms with Crippen molar-refractivity contribution in [3.05, 3.63) is 95.0 Å². The van der Waals surface area contributed by atoms with Gasteiger partial charge < -0.3 is 15.0 Å². The molecule has 0 saturated heterocycles. The number of aromatic amines is 2. The molecule has 1 amide bonds. The zero-order valence-corrected chi connectivity index (χ0v) is 20.6. The highest BCUT2D eigenvalue weighted by atomic mass is 32.1. The number of hydrogen-bond acceptors (Lipinski definition) is 5. The molecule has 1 atom stereocenters. The highest BCUT2D eigenvalue weighted by molar-refractivity contribution is 7.71. The number of ether oxygens (including phenoxy) is 1. The molecule has 0 unspecified atom stereocenters. The second kappa shape index (κ2) is 10.6. The van der Waals surface area contributed by atoms with Crippen LogP contribution in [-0.4, -0.2) is 37.7 Å². The summed E-state index contributed by atoms with van der Waals surface area (Å²) in [5.41, 5.74) is 3.80. The fourth-order valence-electron chi connectivity index (χ4n) is 4.17. The van der Waals surface area contributed by atoms with Crippen LogP contribution in [0.25, 0.3) is 22.4 Å². The molecule has 3 N–H and O–H groups in total. The maximum Gasteiger partial charge on any atom is 0.222 e. The number of benzene rings is 3. The first kappa shape index (κ1) is 23.5. The van der Waals surface area contributed by atoms with Gasteiger partial charge in [-0.2, -0.15) is 5.10 Å². The minimum Gasteiger partial charge on any atom is -0.497 e. The van der Waals surface area contributed by atoms with Crippen molar-refractivity contribution in [3.63, 3.8) is 0 Å². The first-order valence-electron chi connectivity index (χ1n) is 11.7. The van der Waals surface area contributed by atoms with Crippen molar-refractivity contribution in [2.75, 3.05) is 7.11 Å². The lowest BCUT2D eigenvalue weighted by Crippen LogP contribution is -2.31. The SMILES string of the molecule is COc1ccc(-c2n[nH]c(=S)n2CCC(=O)N[C@@H](Cc2ccccc2)c2nc3ccccc3[nH]2)cc1. The van der Waals surface area contributed by atoms with Gasteiger partial charge in [-0.05, 0) is 60.6 Å². The standard InChI is InChI=1S/C27H26N6O2S/c1-35-20-13-11-19(12-14-20)26-31-32-27(36)33(26)16-15-24(34)28-23(17-18-7-3-2-4-8-18)25-29-21-9-5-6-10-22(21)30-25/h2-14,23H,15-17H2,1H3,(H,28,34)(H,29,30)(H,32,36)/t23-/m0/s1. The van der Waals surface area contributed by atoms with E-state index >= 15 is 0 Å². The molecule has 0 fully saturated rings. The fraction of sp³-hybridized carbons (Fsp3) is 0.185. The fourth-order valence-corrected chi connectivity index (χ4v) is 4.39. The second-order valence-electron chi connectivity index (χ2n) is 8.43. The Balaban J connectivity index is 1.33. The summed E-state index contributed by atoms with van der Waals surface area (Å²) < 4.78 is 7.54. The molecule has 2 heterocycles. The average molecular weight is 499 g/mol. The molecule has 0 saturated carbocycles. The maximum atomic E-state index is 13.1. The normalized spacial score (nSPS) is 11.9. The van der Waals surface area contributed by atoms with Crippen molar-refractivity contribution in [2.45, 2.75) is 25.4 Å². The quantitative estimate of drug-likeness (QED) is 0.249. The number of fused-ring (bicyclic) bond motifs is 1. The van der Waals surface area contributed by atoms with E-state index in [0.29, 0.717) is 23.6 Å². The van der Waals surface area contributed by atoms with Crippen LogP contribution in [-0.2, 0) is 17.8 Å². The molecule has 0 aliphatic carbocycles. The molecule has 0 spiro atoms. The lowest BCUT2D eigenvalue weighted by atomic mass is 10.1. The second-order valence-corrected chi connectivity index (χ2v) is 8.82. The van der Waals surface area contributed by atoms with Gasteiger partial charge in [0, 0.05) is 18.5 Å². The molecule has 9 heteroatoms. The van der Waals surface area contributed by atoms with E-state index in [1.54, 1.807) is 7.11 Å². The van der Waals surface area contributed by atoms with Gasteiger partial charge in [0.05, 0.1) is 24.2 Å². The number of rotatable bonds is 9. The molecule has 36 heavy (non-hydrogen) atoms. The summed E-state index contributed by atoms with van der Waals surface area (Å²) in [6.45, 7) is 0.390. The summed E-state index contributed by atoms with van der Waals surface area (Å²) in [7, 11) is 1.63. The summed E-state index contributed by atoms with van der Waals surface area (Å²) in [5, 5.41) is 10.4. The number of methoxy groups -OCH3 is 1. The number of nitrogens with one attached hydrogen (secondary N) is 3. The molecule has 3 aromatic carbocycles. The number of amides is 1. The molecule has 0 aliphatic rings. The Labute approximate surface area is 213 Å². The summed E-state index contributed by atoms with van der Waals surface area (Å²) in [6.07, 6.45) is 0.858. The minimum absolute atomic E-state index is 0.0971. The Morgan fingerprint density at radius 2 is 1.81 bits per heavy atom. The Morgan fingerprint density at radius 1 is 1.06 bits per heavy atom. The Morgan fingerprint density at radius 3 is 2.56 bits per heavy atom. The molecular weight excluding hydrogens is 472 g/mol. The third-order valence-electron chi connectivity index (χ3n) is 6.02. The summed E-state index contributed by atoms with van der Waals surface area (Å²) in [6, 6.07) is 25.2. The Hall–Kier alpha value is -4.24. The number of nitrogens with zero attached hydrogens (tertiary/aromatic N) is 3. The van der Waals surface area contributed by atoms with Crippen molar-refractivity contribution in [1.29, 1.82) is 0 Å². The van der Waals surface area contributed by atoms with E-state index in [-0.39, 0.29) is 18.4 Å². The zero-order valence-electron chi connectivity index (χ0n) is 19.8. The smallest absolute Gasteiger partial charge is 0.222 e. The number of hydrogen-bond donors (Lipinski definition) is 3. The van der Waals surface area contributed by atoms with Crippen LogP contribution < -0.4 is 10.1 Å². The van der Waals surface area contributed by atoms with Crippen LogP contribution in [0.15, 0.2) is 78.9 Å². The third kappa shape index (κ3) is 5.21. The van der Waals surface area contributed by atoms with Crippen LogP contribution in [0.4, 0.5) is 0 Å². The van der Waals surface area contributed by atoms with Gasteiger partial charge in [-0.15, -0.1) is 0 Å². The molecule has 2 aromatic heterocycles. The van der Waals surface area contributed by atoms with Crippen LogP contribution in [0.1, 0.15) is 23.9 Å². The molecule has 5 rings (SSSR count). The van der Waals surface area contributed by atoms with Crippen molar-refractivity contribution < 1.29 is 9.53 Å². The predicted molar refractivity (Wildman–Crippen MR) is 141 cm³/mol. The van der Waals surface area contributed by atoms with E-state index in [2.05, 4.69) is 20.5 Å². The van der Waals surface area contributed by atoms with E-state index in [1.165, 1.54) is 0 Å². The molecule has 0 radical (unpaired) electrons. The largest absolute Gasteiger partial charge is 0.497 e. The van der Waals surface area contributed by atoms with Crippen LogP contribution in [0.3, 0.4) is 0 Å². The number of carbonyl (C=O) groups is 1. The topological polar surface area (TPSA) is 101 Å². The van der Waals surface area contributed by atoms with Gasteiger partial charge in [-0.25, -0.2) is 4.98 Å². The third-order valence-corrected chi connectivity index (χ3v) is 6.34. The summed E-state index contributed by atoms with van der Waals surface area (Å²) in [5.74, 6) is 2.06. The van der Waals surface area contributed by atoms with Crippen molar-refractivity contribution in [3.8, 4) is 17.1 Å². The Kier molecular flexibility index (Phi) is 6.90. The lowest BCUT2D eigenvalue weighted by Gasteiger charge is -2.17. The molecule has 0 bridgehead atoms. The van der Waals surface area contributed by atoms with Crippen molar-refractivity contribution in [1.82, 2.24) is 30.0 Å². The highest BCUT2D eigenvalue weighted by Gasteiger charge is 2.20. The summed E-state index contributed by atoms with van der Waals surface area (Å²) >= 11 is 5.43. The van der Waals surface area contributed by atoms with Gasteiger partial charge in [0.15, 0.2) is 10.6 Å². The van der Waals surface area contributed by atoms with Gasteiger partial charge in [-0.1, -0.05) is 42.5 Å². The maximum absolute atomic E-state index is 13.1. The Bertz CT molecular complexity index is 1490. The van der Waals surface area contributed by atoms with E-state index in [1.807, 2.05) is 83.4 Å². The van der Waals surface area contributed by atoms with Crippen molar-refractivity contribution >= 4 is 29.2 Å². The van der Waals surface area contributed by atoms with E-state index in [4.69, 9.17) is 21.9 Å². The lowest BCUT2D eigenvalue weighted by molar-refractivity contribution is -0.122. The molecule has 0 aliphatic heterocycles. The van der Waals surface area contributed by atoms with Gasteiger partial charge in [-0.3, -0.25) is 14.5 Å². The van der Waals surface area contributed by atoms with Crippen LogP contribution in [0.5, 0.6) is 5.75 Å². The molecule has 8 nitrogen and oxygen atoms in total. The van der Waals surface area contributed by atoms with Crippen LogP contribution >= 0.6 is 12.2 Å². The average Bonchev–Trinajstić information content (AvgIpc) is 3.51. The first-order valence-corrected chi connectivity index (χ1v) is 12.1. The highest BCUT2D eigenvalue weighted by Crippen LogP contribution is 2.22. The number of para-hydroxylation sites is 2. The van der Waals surface area contributed by atoms with Crippen molar-refractivity contribution in [2.24, 2.45) is 0 Å². The predicted octanol–water partition coefficient (Wildman–Crippen LogP) is 4.98. The number of H-pyrrole nitrogens is 2. The first-order chi connectivity index (χ1) is 17.6. The zero-order chi connectivity index (χ0) is 24.9. The molecule has 5 aromatic rings. The van der Waals surface area contributed by atoms with Gasteiger partial charge in [0.1, 0.15) is 11.6 Å². The monoisotopic (exact) mass is 498 g/mol. The minimum atomic E-state index is -0.300. The number of carbonyl (C=O) groups excluding carboxylic acids is 1. The van der Waals surface area contributed by atoms with E-state index < -0.39 is 0 Å². The van der Waals surface area contributed by atoms with Crippen LogP contribution in [0, 0.1) is 4.77 Å². The summed E-state index contributed by atoms with van der Waals surface area (Å²) in [4.78, 5) is 21.2. The number of imidazole rings is 1. The van der Waals surface area contributed by atoms with E-state index in [9.17, 15) is 4.79 Å². The van der Waals surface area contributed by atoms with Crippen LogP contribution in [0.2, 0.25) is 0 Å². The van der Waals surface area contributed by atoms with Gasteiger partial charge in [0.2, 0.25) is 5.91 Å².